The number of rotatable bonds is 3. The van der Waals surface area contributed by atoms with Crippen molar-refractivity contribution in [2.45, 2.75) is 6.92 Å². The average Bonchev–Trinajstić information content (AvgIpc) is 2.92. The first-order valence-electron chi connectivity index (χ1n) is 6.09. The zero-order valence-corrected chi connectivity index (χ0v) is 11.1. The molecule has 0 radical (unpaired) electrons. The maximum Gasteiger partial charge on any atom is 0.246 e. The third-order valence-corrected chi connectivity index (χ3v) is 3.05. The van der Waals surface area contributed by atoms with Crippen molar-refractivity contribution in [3.8, 4) is 5.88 Å². The molecule has 0 aliphatic carbocycles. The van der Waals surface area contributed by atoms with Crippen molar-refractivity contribution in [2.75, 3.05) is 7.11 Å². The number of aryl methyl sites for hydroxylation is 1. The van der Waals surface area contributed by atoms with Crippen molar-refractivity contribution in [1.29, 1.82) is 0 Å². The zero-order chi connectivity index (χ0) is 14.1. The highest BCUT2D eigenvalue weighted by Gasteiger charge is 2.17. The molecule has 100 valence electrons. The summed E-state index contributed by atoms with van der Waals surface area (Å²) in [5.74, 6) is 0.312. The van der Waals surface area contributed by atoms with Gasteiger partial charge in [-0.3, -0.25) is 4.79 Å². The first kappa shape index (κ1) is 12.3. The van der Waals surface area contributed by atoms with Gasteiger partial charge in [0.1, 0.15) is 17.6 Å². The molecule has 0 saturated carbocycles. The Hall–Kier alpha value is -2.69. The van der Waals surface area contributed by atoms with Crippen LogP contribution in [0.4, 0.5) is 0 Å². The number of aromatic nitrogens is 2. The van der Waals surface area contributed by atoms with Gasteiger partial charge in [-0.05, 0) is 18.6 Å². The SMILES string of the molecule is COc1cc(C(=O)c2cc3cccc(C)c3o2)ncn1. The highest BCUT2D eigenvalue weighted by Crippen LogP contribution is 2.24. The fourth-order valence-corrected chi connectivity index (χ4v) is 2.02. The van der Waals surface area contributed by atoms with Crippen LogP contribution in [0.5, 0.6) is 5.88 Å². The van der Waals surface area contributed by atoms with Gasteiger partial charge >= 0.3 is 0 Å². The summed E-state index contributed by atoms with van der Waals surface area (Å²) in [5.41, 5.74) is 1.95. The third-order valence-electron chi connectivity index (χ3n) is 3.05. The van der Waals surface area contributed by atoms with Gasteiger partial charge in [0.2, 0.25) is 11.7 Å². The standard InChI is InChI=1S/C15H12N2O3/c1-9-4-3-5-10-6-12(20-15(9)10)14(18)11-7-13(19-2)17-8-16-11/h3-8H,1-2H3. The van der Waals surface area contributed by atoms with Gasteiger partial charge in [-0.25, -0.2) is 9.97 Å². The first-order chi connectivity index (χ1) is 9.69. The summed E-state index contributed by atoms with van der Waals surface area (Å²) in [6, 6.07) is 8.98. The molecule has 0 aliphatic rings. The van der Waals surface area contributed by atoms with E-state index in [1.54, 1.807) is 6.07 Å². The van der Waals surface area contributed by atoms with Crippen molar-refractivity contribution in [3.05, 3.63) is 53.7 Å². The molecule has 0 aliphatic heterocycles. The smallest absolute Gasteiger partial charge is 0.246 e. The first-order valence-corrected chi connectivity index (χ1v) is 6.09. The van der Waals surface area contributed by atoms with Gasteiger partial charge in [-0.2, -0.15) is 0 Å². The van der Waals surface area contributed by atoms with E-state index in [-0.39, 0.29) is 17.2 Å². The zero-order valence-electron chi connectivity index (χ0n) is 11.1. The van der Waals surface area contributed by atoms with E-state index in [2.05, 4.69) is 9.97 Å². The average molecular weight is 268 g/mol. The number of methoxy groups -OCH3 is 1. The van der Waals surface area contributed by atoms with Gasteiger partial charge < -0.3 is 9.15 Å². The highest BCUT2D eigenvalue weighted by atomic mass is 16.5. The van der Waals surface area contributed by atoms with Crippen LogP contribution in [-0.2, 0) is 0 Å². The summed E-state index contributed by atoms with van der Waals surface area (Å²) in [6.45, 7) is 1.94. The molecule has 0 amide bonds. The molecule has 0 saturated heterocycles. The van der Waals surface area contributed by atoms with Crippen LogP contribution in [0.3, 0.4) is 0 Å². The van der Waals surface area contributed by atoms with Gasteiger partial charge in [-0.15, -0.1) is 0 Å². The molecule has 0 bridgehead atoms. The van der Waals surface area contributed by atoms with Gasteiger partial charge in [0.05, 0.1) is 7.11 Å². The number of carbonyl (C=O) groups excluding carboxylic acids is 1. The maximum atomic E-state index is 12.4. The Morgan fingerprint density at radius 3 is 2.85 bits per heavy atom. The molecular weight excluding hydrogens is 256 g/mol. The Balaban J connectivity index is 2.05. The Kier molecular flexibility index (Phi) is 2.95. The quantitative estimate of drug-likeness (QED) is 0.683. The van der Waals surface area contributed by atoms with Gasteiger partial charge in [-0.1, -0.05) is 18.2 Å². The van der Waals surface area contributed by atoms with E-state index < -0.39 is 0 Å². The van der Waals surface area contributed by atoms with Crippen molar-refractivity contribution in [2.24, 2.45) is 0 Å². The molecule has 0 spiro atoms. The van der Waals surface area contributed by atoms with E-state index in [9.17, 15) is 4.79 Å². The highest BCUT2D eigenvalue weighted by molar-refractivity contribution is 6.08. The fourth-order valence-electron chi connectivity index (χ4n) is 2.02. The lowest BCUT2D eigenvalue weighted by atomic mass is 10.1. The fraction of sp³-hybridized carbons (Fsp3) is 0.133. The van der Waals surface area contributed by atoms with Crippen LogP contribution in [0.25, 0.3) is 11.0 Å². The summed E-state index contributed by atoms with van der Waals surface area (Å²) in [4.78, 5) is 20.2. The number of nitrogens with zero attached hydrogens (tertiary/aromatic N) is 2. The van der Waals surface area contributed by atoms with Crippen LogP contribution < -0.4 is 4.74 Å². The number of hydrogen-bond acceptors (Lipinski definition) is 5. The summed E-state index contributed by atoms with van der Waals surface area (Å²) < 4.78 is 10.6. The molecule has 5 heteroatoms. The van der Waals surface area contributed by atoms with Crippen molar-refractivity contribution in [1.82, 2.24) is 9.97 Å². The minimum atomic E-state index is -0.290. The maximum absolute atomic E-state index is 12.4. The van der Waals surface area contributed by atoms with Gasteiger partial charge in [0.25, 0.3) is 0 Å². The Labute approximate surface area is 115 Å². The van der Waals surface area contributed by atoms with E-state index in [1.807, 2.05) is 25.1 Å². The molecule has 1 aromatic carbocycles. The second kappa shape index (κ2) is 4.77. The summed E-state index contributed by atoms with van der Waals surface area (Å²) >= 11 is 0. The summed E-state index contributed by atoms with van der Waals surface area (Å²) in [7, 11) is 1.49. The minimum absolute atomic E-state index is 0.244. The van der Waals surface area contributed by atoms with E-state index in [1.165, 1.54) is 19.5 Å². The lowest BCUT2D eigenvalue weighted by Gasteiger charge is -1.99. The molecule has 2 aromatic heterocycles. The lowest BCUT2D eigenvalue weighted by Crippen LogP contribution is -2.03. The predicted octanol–water partition coefficient (Wildman–Crippen LogP) is 2.77. The molecule has 2 heterocycles. The Bertz CT molecular complexity index is 793. The molecular formula is C15H12N2O3. The molecule has 3 aromatic rings. The van der Waals surface area contributed by atoms with Crippen molar-refractivity contribution in [3.63, 3.8) is 0 Å². The van der Waals surface area contributed by atoms with Crippen LogP contribution >= 0.6 is 0 Å². The van der Waals surface area contributed by atoms with Gasteiger partial charge in [0.15, 0.2) is 5.76 Å². The summed E-state index contributed by atoms with van der Waals surface area (Å²) in [5, 5.41) is 0.898. The number of ketones is 1. The predicted molar refractivity (Wildman–Crippen MR) is 73.0 cm³/mol. The molecule has 0 fully saturated rings. The topological polar surface area (TPSA) is 65.2 Å². The van der Waals surface area contributed by atoms with E-state index in [4.69, 9.17) is 9.15 Å². The number of benzene rings is 1. The van der Waals surface area contributed by atoms with Crippen molar-refractivity contribution >= 4 is 16.8 Å². The van der Waals surface area contributed by atoms with Gasteiger partial charge in [0, 0.05) is 11.5 Å². The van der Waals surface area contributed by atoms with Crippen LogP contribution in [0.2, 0.25) is 0 Å². The van der Waals surface area contributed by atoms with E-state index in [0.29, 0.717) is 5.88 Å². The Morgan fingerprint density at radius 1 is 1.25 bits per heavy atom. The normalized spacial score (nSPS) is 10.7. The monoisotopic (exact) mass is 268 g/mol. The molecule has 20 heavy (non-hydrogen) atoms. The second-order valence-electron chi connectivity index (χ2n) is 4.38. The molecule has 3 rings (SSSR count). The number of para-hydroxylation sites is 1. The summed E-state index contributed by atoms with van der Waals surface area (Å²) in [6.07, 6.45) is 1.29. The number of furan rings is 1. The number of ether oxygens (including phenoxy) is 1. The Morgan fingerprint density at radius 2 is 2.10 bits per heavy atom. The minimum Gasteiger partial charge on any atom is -0.481 e. The number of hydrogen-bond donors (Lipinski definition) is 0. The largest absolute Gasteiger partial charge is 0.481 e. The van der Waals surface area contributed by atoms with Crippen LogP contribution in [0.15, 0.2) is 41.1 Å². The molecule has 5 nitrogen and oxygen atoms in total. The molecule has 0 atom stereocenters. The molecule has 0 N–H and O–H groups in total. The number of fused-ring (bicyclic) bond motifs is 1. The van der Waals surface area contributed by atoms with E-state index in [0.717, 1.165) is 16.5 Å². The second-order valence-corrected chi connectivity index (χ2v) is 4.38. The number of carbonyl (C=O) groups is 1. The van der Waals surface area contributed by atoms with E-state index >= 15 is 0 Å². The van der Waals surface area contributed by atoms with Crippen LogP contribution in [-0.4, -0.2) is 22.9 Å². The van der Waals surface area contributed by atoms with Crippen LogP contribution in [0, 0.1) is 6.92 Å². The third kappa shape index (κ3) is 2.03. The van der Waals surface area contributed by atoms with Crippen molar-refractivity contribution < 1.29 is 13.9 Å². The van der Waals surface area contributed by atoms with Crippen LogP contribution in [0.1, 0.15) is 21.8 Å². The lowest BCUT2D eigenvalue weighted by molar-refractivity contribution is 0.101. The molecule has 0 unspecified atom stereocenters.